The summed E-state index contributed by atoms with van der Waals surface area (Å²) in [7, 11) is 1.57. The number of hydrogen-bond donors (Lipinski definition) is 5. The Morgan fingerprint density at radius 1 is 0.889 bits per heavy atom. The van der Waals surface area contributed by atoms with Crippen molar-refractivity contribution in [3.8, 4) is 0 Å². The number of hydrogen-bond acceptors (Lipinski definition) is 6. The molecule has 5 N–H and O–H groups in total. The van der Waals surface area contributed by atoms with E-state index in [0.717, 1.165) is 0 Å². The summed E-state index contributed by atoms with van der Waals surface area (Å²) < 4.78 is 5.70. The quantitative estimate of drug-likeness (QED) is 0.436. The van der Waals surface area contributed by atoms with Gasteiger partial charge in [-0.2, -0.15) is 0 Å². The summed E-state index contributed by atoms with van der Waals surface area (Å²) in [5, 5.41) is 44.1. The van der Waals surface area contributed by atoms with E-state index in [1.807, 2.05) is 0 Å². The molecule has 0 aromatic carbocycles. The van der Waals surface area contributed by atoms with Crippen LogP contribution in [0.25, 0.3) is 0 Å². The summed E-state index contributed by atoms with van der Waals surface area (Å²) in [6.45, 7) is 6.61. The molecule has 1 rings (SSSR count). The highest BCUT2D eigenvalue weighted by Gasteiger charge is 2.73. The Hall–Kier alpha value is -0.240. The van der Waals surface area contributed by atoms with Crippen LogP contribution in [-0.4, -0.2) is 62.2 Å². The van der Waals surface area contributed by atoms with Gasteiger partial charge in [-0.3, -0.25) is 5.32 Å². The molecular formula is C12H25NO5. The van der Waals surface area contributed by atoms with E-state index in [0.29, 0.717) is 0 Å². The third kappa shape index (κ3) is 1.51. The fourth-order valence-electron chi connectivity index (χ4n) is 2.58. The monoisotopic (exact) mass is 263 g/mol. The Labute approximate surface area is 108 Å². The lowest BCUT2D eigenvalue weighted by molar-refractivity contribution is -0.407. The van der Waals surface area contributed by atoms with Crippen molar-refractivity contribution >= 4 is 0 Å². The van der Waals surface area contributed by atoms with E-state index in [2.05, 4.69) is 5.32 Å². The zero-order chi connectivity index (χ0) is 14.6. The molecule has 3 unspecified atom stereocenters. The van der Waals surface area contributed by atoms with Crippen LogP contribution < -0.4 is 5.32 Å². The Morgan fingerprint density at radius 2 is 1.33 bits per heavy atom. The van der Waals surface area contributed by atoms with Gasteiger partial charge in [0.25, 0.3) is 0 Å². The molecule has 1 fully saturated rings. The van der Waals surface area contributed by atoms with Crippen molar-refractivity contribution in [3.63, 3.8) is 0 Å². The minimum absolute atomic E-state index is 0.497. The van der Waals surface area contributed by atoms with Crippen LogP contribution in [0.15, 0.2) is 0 Å². The maximum Gasteiger partial charge on any atom is 0.148 e. The number of ether oxygens (including phenoxy) is 1. The molecule has 5 atom stereocenters. The largest absolute Gasteiger partial charge is 0.393 e. The molecule has 18 heavy (non-hydrogen) atoms. The van der Waals surface area contributed by atoms with E-state index in [9.17, 15) is 20.4 Å². The second-order valence-electron chi connectivity index (χ2n) is 5.99. The first kappa shape index (κ1) is 15.8. The van der Waals surface area contributed by atoms with Gasteiger partial charge in [-0.25, -0.2) is 0 Å². The lowest BCUT2D eigenvalue weighted by atomic mass is 9.60. The van der Waals surface area contributed by atoms with Crippen LogP contribution in [-0.2, 0) is 4.74 Å². The van der Waals surface area contributed by atoms with E-state index < -0.39 is 34.7 Å². The standard InChI is InChI=1S/C12H25NO5/c1-8(7-14)9(2,15)10(3,16)11(4,17)12(5,13-6)18-8/h13-17H,7H2,1-6H3/t8?,9-,10?,11+,12?/m0/s1. The predicted molar refractivity (Wildman–Crippen MR) is 65.9 cm³/mol. The molecule has 0 saturated carbocycles. The molecule has 108 valence electrons. The highest BCUT2D eigenvalue weighted by atomic mass is 16.6. The van der Waals surface area contributed by atoms with Gasteiger partial charge in [-0.15, -0.1) is 0 Å². The smallest absolute Gasteiger partial charge is 0.148 e. The molecular weight excluding hydrogens is 238 g/mol. The van der Waals surface area contributed by atoms with Gasteiger partial charge in [-0.1, -0.05) is 0 Å². The van der Waals surface area contributed by atoms with Gasteiger partial charge in [0.15, 0.2) is 0 Å². The second-order valence-corrected chi connectivity index (χ2v) is 5.99. The van der Waals surface area contributed by atoms with E-state index in [-0.39, 0.29) is 0 Å². The lowest BCUT2D eigenvalue weighted by Crippen LogP contribution is -2.86. The molecule has 0 bridgehead atoms. The summed E-state index contributed by atoms with van der Waals surface area (Å²) in [4.78, 5) is 0. The fourth-order valence-corrected chi connectivity index (χ4v) is 2.58. The highest BCUT2D eigenvalue weighted by Crippen LogP contribution is 2.52. The first-order valence-corrected chi connectivity index (χ1v) is 6.00. The summed E-state index contributed by atoms with van der Waals surface area (Å²) in [6.07, 6.45) is 0. The van der Waals surface area contributed by atoms with E-state index in [1.54, 1.807) is 14.0 Å². The highest BCUT2D eigenvalue weighted by molar-refractivity contribution is 5.22. The Kier molecular flexibility index (Phi) is 3.41. The third-order valence-electron chi connectivity index (χ3n) is 5.06. The maximum atomic E-state index is 10.6. The fraction of sp³-hybridized carbons (Fsp3) is 1.00. The lowest BCUT2D eigenvalue weighted by Gasteiger charge is -2.65. The number of aliphatic hydroxyl groups excluding tert-OH is 1. The average molecular weight is 263 g/mol. The molecule has 0 radical (unpaired) electrons. The molecule has 1 aliphatic rings. The minimum Gasteiger partial charge on any atom is -0.393 e. The zero-order valence-corrected chi connectivity index (χ0v) is 11.9. The first-order chi connectivity index (χ1) is 7.83. The van der Waals surface area contributed by atoms with Crippen LogP contribution in [0.2, 0.25) is 0 Å². The minimum atomic E-state index is -1.90. The van der Waals surface area contributed by atoms with Crippen LogP contribution in [0.5, 0.6) is 0 Å². The summed E-state index contributed by atoms with van der Waals surface area (Å²) in [5.41, 5.74) is -8.25. The predicted octanol–water partition coefficient (Wildman–Crippen LogP) is -1.04. The Balaban J connectivity index is 3.49. The number of likely N-dealkylation sites (N-methyl/N-ethyl adjacent to an activating group) is 1. The molecule has 0 amide bonds. The van der Waals surface area contributed by atoms with Gasteiger partial charge < -0.3 is 25.2 Å². The molecule has 1 heterocycles. The molecule has 6 nitrogen and oxygen atoms in total. The summed E-state index contributed by atoms with van der Waals surface area (Å²) in [6, 6.07) is 0. The maximum absolute atomic E-state index is 10.6. The van der Waals surface area contributed by atoms with Crippen LogP contribution in [0.4, 0.5) is 0 Å². The van der Waals surface area contributed by atoms with E-state index >= 15 is 0 Å². The second kappa shape index (κ2) is 3.88. The number of rotatable bonds is 2. The average Bonchev–Trinajstić information content (AvgIpc) is 2.26. The van der Waals surface area contributed by atoms with Crippen molar-refractivity contribution in [3.05, 3.63) is 0 Å². The number of aliphatic hydroxyl groups is 4. The molecule has 0 aliphatic carbocycles. The Bertz CT molecular complexity index is 311. The SMILES string of the molecule is CNC1(C)OC(C)(CO)[C@](C)(O)C(C)(O)[C@@]1(C)O. The van der Waals surface area contributed by atoms with Gasteiger partial charge in [0.1, 0.15) is 28.1 Å². The van der Waals surface area contributed by atoms with Crippen molar-refractivity contribution in [2.45, 2.75) is 62.7 Å². The first-order valence-electron chi connectivity index (χ1n) is 6.00. The van der Waals surface area contributed by atoms with Crippen LogP contribution in [0.1, 0.15) is 34.6 Å². The molecule has 1 saturated heterocycles. The molecule has 0 aromatic heterocycles. The third-order valence-corrected chi connectivity index (χ3v) is 5.06. The van der Waals surface area contributed by atoms with Crippen molar-refractivity contribution in [1.29, 1.82) is 0 Å². The molecule has 0 spiro atoms. The van der Waals surface area contributed by atoms with Gasteiger partial charge in [-0.05, 0) is 41.7 Å². The zero-order valence-electron chi connectivity index (χ0n) is 11.9. The van der Waals surface area contributed by atoms with E-state index in [1.165, 1.54) is 27.7 Å². The normalized spacial score (nSPS) is 57.7. The summed E-state index contributed by atoms with van der Waals surface area (Å²) in [5.74, 6) is 0. The van der Waals surface area contributed by atoms with Gasteiger partial charge in [0.2, 0.25) is 0 Å². The van der Waals surface area contributed by atoms with Crippen molar-refractivity contribution in [2.24, 2.45) is 0 Å². The van der Waals surface area contributed by atoms with E-state index in [4.69, 9.17) is 4.74 Å². The summed E-state index contributed by atoms with van der Waals surface area (Å²) >= 11 is 0. The van der Waals surface area contributed by atoms with Crippen LogP contribution >= 0.6 is 0 Å². The van der Waals surface area contributed by atoms with Gasteiger partial charge in [0, 0.05) is 0 Å². The van der Waals surface area contributed by atoms with Crippen molar-refractivity contribution in [1.82, 2.24) is 5.32 Å². The topological polar surface area (TPSA) is 102 Å². The van der Waals surface area contributed by atoms with Crippen LogP contribution in [0, 0.1) is 0 Å². The molecule has 0 aromatic rings. The van der Waals surface area contributed by atoms with Crippen LogP contribution in [0.3, 0.4) is 0 Å². The number of nitrogens with one attached hydrogen (secondary N) is 1. The van der Waals surface area contributed by atoms with Crippen molar-refractivity contribution < 1.29 is 25.2 Å². The van der Waals surface area contributed by atoms with Crippen molar-refractivity contribution in [2.75, 3.05) is 13.7 Å². The Morgan fingerprint density at radius 3 is 1.67 bits per heavy atom. The van der Waals surface area contributed by atoms with Gasteiger partial charge >= 0.3 is 0 Å². The molecule has 6 heteroatoms. The molecule has 1 aliphatic heterocycles. The van der Waals surface area contributed by atoms with Gasteiger partial charge in [0.05, 0.1) is 6.61 Å².